The molecule has 0 saturated carbocycles. The van der Waals surface area contributed by atoms with E-state index in [0.717, 1.165) is 0 Å². The van der Waals surface area contributed by atoms with Gasteiger partial charge in [-0.1, -0.05) is 0 Å². The zero-order chi connectivity index (χ0) is 20.7. The van der Waals surface area contributed by atoms with E-state index in [1.807, 2.05) is 0 Å². The van der Waals surface area contributed by atoms with Crippen LogP contribution in [0.3, 0.4) is 0 Å². The lowest BCUT2D eigenvalue weighted by Gasteiger charge is -2.13. The number of halogens is 6. The number of fused-ring (bicyclic) bond motifs is 1. The van der Waals surface area contributed by atoms with Gasteiger partial charge in [-0.15, -0.1) is 0 Å². The van der Waals surface area contributed by atoms with Crippen LogP contribution in [0.4, 0.5) is 49.4 Å². The molecule has 0 spiro atoms. The fourth-order valence-electron chi connectivity index (χ4n) is 2.37. The van der Waals surface area contributed by atoms with Crippen molar-refractivity contribution in [3.05, 3.63) is 59.2 Å². The minimum absolute atomic E-state index is 0.207. The van der Waals surface area contributed by atoms with Crippen LogP contribution >= 0.6 is 0 Å². The predicted molar refractivity (Wildman–Crippen MR) is 86.6 cm³/mol. The summed E-state index contributed by atoms with van der Waals surface area (Å²) in [5, 5.41) is 11.2. The van der Waals surface area contributed by atoms with Crippen LogP contribution in [0.15, 0.2) is 28.9 Å². The number of rotatable bonds is 4. The average molecular weight is 412 g/mol. The van der Waals surface area contributed by atoms with E-state index in [2.05, 4.69) is 35.5 Å². The van der Waals surface area contributed by atoms with Crippen molar-refractivity contribution in [3.8, 4) is 0 Å². The van der Waals surface area contributed by atoms with Crippen LogP contribution in [0, 0.1) is 34.9 Å². The van der Waals surface area contributed by atoms with Gasteiger partial charge in [-0.2, -0.15) is 0 Å². The Kier molecular flexibility index (Phi) is 4.41. The molecule has 148 valence electrons. The van der Waals surface area contributed by atoms with Gasteiger partial charge in [0.05, 0.1) is 0 Å². The fourth-order valence-corrected chi connectivity index (χ4v) is 2.37. The highest BCUT2D eigenvalue weighted by Crippen LogP contribution is 2.31. The molecule has 13 heteroatoms. The summed E-state index contributed by atoms with van der Waals surface area (Å²) >= 11 is 0. The Bertz CT molecular complexity index is 1110. The van der Waals surface area contributed by atoms with Crippen molar-refractivity contribution in [2.75, 3.05) is 10.6 Å². The quantitative estimate of drug-likeness (QED) is 0.482. The van der Waals surface area contributed by atoms with Crippen LogP contribution in [-0.2, 0) is 0 Å². The smallest absolute Gasteiger partial charge is 0.245 e. The number of nitrogens with one attached hydrogen (secondary N) is 2. The Hall–Kier alpha value is -3.90. The maximum Gasteiger partial charge on any atom is 0.245 e. The first-order valence-corrected chi connectivity index (χ1v) is 7.65. The summed E-state index contributed by atoms with van der Waals surface area (Å²) in [5.74, 6) is -8.49. The molecule has 0 aliphatic heterocycles. The molecule has 29 heavy (non-hydrogen) atoms. The Balaban J connectivity index is 1.82. The number of aromatic nitrogens is 4. The van der Waals surface area contributed by atoms with E-state index in [4.69, 9.17) is 0 Å². The second-order valence-electron chi connectivity index (χ2n) is 5.57. The Labute approximate surface area is 156 Å². The van der Waals surface area contributed by atoms with Crippen LogP contribution < -0.4 is 10.6 Å². The zero-order valence-corrected chi connectivity index (χ0v) is 13.8. The Morgan fingerprint density at radius 3 is 1.28 bits per heavy atom. The highest BCUT2D eigenvalue weighted by Gasteiger charge is 2.20. The van der Waals surface area contributed by atoms with Crippen molar-refractivity contribution < 1.29 is 31.0 Å². The zero-order valence-electron chi connectivity index (χ0n) is 13.8. The molecule has 0 fully saturated rings. The third kappa shape index (κ3) is 3.49. The standard InChI is InChI=1S/C16H6F6N6O/c17-5-1-7(19)11(8(20)2-5)23-13-14(26-16-15(25-13)27-29-28-16)24-12-9(21)3-6(18)4-10(12)22/h1-4H,(H,23,25,27)(H,24,26,28). The molecular formula is C16H6F6N6O. The maximum absolute atomic E-state index is 14.0. The van der Waals surface area contributed by atoms with Crippen LogP contribution in [0.1, 0.15) is 0 Å². The first-order chi connectivity index (χ1) is 13.8. The lowest BCUT2D eigenvalue weighted by Crippen LogP contribution is -2.08. The Morgan fingerprint density at radius 1 is 0.586 bits per heavy atom. The van der Waals surface area contributed by atoms with E-state index in [-0.39, 0.29) is 11.3 Å². The number of nitrogens with zero attached hydrogens (tertiary/aromatic N) is 4. The second kappa shape index (κ2) is 6.92. The van der Waals surface area contributed by atoms with E-state index < -0.39 is 57.9 Å². The number of benzene rings is 2. The van der Waals surface area contributed by atoms with Gasteiger partial charge in [0.1, 0.15) is 23.0 Å². The molecule has 0 amide bonds. The average Bonchev–Trinajstić information content (AvgIpc) is 3.08. The van der Waals surface area contributed by atoms with E-state index in [1.165, 1.54) is 0 Å². The summed E-state index contributed by atoms with van der Waals surface area (Å²) in [5.41, 5.74) is -2.05. The first kappa shape index (κ1) is 18.5. The summed E-state index contributed by atoms with van der Waals surface area (Å²) < 4.78 is 86.5. The van der Waals surface area contributed by atoms with Crippen molar-refractivity contribution >= 4 is 34.3 Å². The second-order valence-corrected chi connectivity index (χ2v) is 5.57. The van der Waals surface area contributed by atoms with Crippen LogP contribution in [0.5, 0.6) is 0 Å². The highest BCUT2D eigenvalue weighted by molar-refractivity contribution is 5.79. The molecular weight excluding hydrogens is 406 g/mol. The van der Waals surface area contributed by atoms with Gasteiger partial charge >= 0.3 is 0 Å². The molecule has 0 unspecified atom stereocenters. The molecule has 0 aliphatic carbocycles. The van der Waals surface area contributed by atoms with Crippen molar-refractivity contribution in [2.24, 2.45) is 0 Å². The van der Waals surface area contributed by atoms with Crippen molar-refractivity contribution in [3.63, 3.8) is 0 Å². The minimum Gasteiger partial charge on any atom is -0.332 e. The topological polar surface area (TPSA) is 88.8 Å². The van der Waals surface area contributed by atoms with Crippen molar-refractivity contribution in [1.29, 1.82) is 0 Å². The lowest BCUT2D eigenvalue weighted by molar-refractivity contribution is 0.314. The molecule has 0 aliphatic rings. The summed E-state index contributed by atoms with van der Waals surface area (Å²) in [6.45, 7) is 0. The van der Waals surface area contributed by atoms with E-state index >= 15 is 0 Å². The van der Waals surface area contributed by atoms with E-state index in [9.17, 15) is 26.3 Å². The molecule has 2 heterocycles. The number of hydrogen-bond acceptors (Lipinski definition) is 7. The molecule has 2 N–H and O–H groups in total. The molecule has 2 aromatic carbocycles. The summed E-state index contributed by atoms with van der Waals surface area (Å²) in [6.07, 6.45) is 0. The molecule has 0 radical (unpaired) electrons. The van der Waals surface area contributed by atoms with Crippen molar-refractivity contribution in [1.82, 2.24) is 20.3 Å². The molecule has 2 aromatic heterocycles. The minimum atomic E-state index is -1.31. The molecule has 7 nitrogen and oxygen atoms in total. The van der Waals surface area contributed by atoms with Crippen molar-refractivity contribution in [2.45, 2.75) is 0 Å². The van der Waals surface area contributed by atoms with Gasteiger partial charge in [-0.3, -0.25) is 0 Å². The van der Waals surface area contributed by atoms with Gasteiger partial charge in [-0.25, -0.2) is 40.9 Å². The third-order valence-corrected chi connectivity index (χ3v) is 3.61. The van der Waals surface area contributed by atoms with Crippen LogP contribution in [0.25, 0.3) is 11.3 Å². The molecule has 4 rings (SSSR count). The largest absolute Gasteiger partial charge is 0.332 e. The summed E-state index contributed by atoms with van der Waals surface area (Å²) in [4.78, 5) is 7.72. The fraction of sp³-hybridized carbons (Fsp3) is 0. The first-order valence-electron chi connectivity index (χ1n) is 7.65. The van der Waals surface area contributed by atoms with Gasteiger partial charge < -0.3 is 10.6 Å². The van der Waals surface area contributed by atoms with Gasteiger partial charge in [0, 0.05) is 24.3 Å². The summed E-state index contributed by atoms with van der Waals surface area (Å²) in [7, 11) is 0. The van der Waals surface area contributed by atoms with Gasteiger partial charge in [-0.05, 0) is 10.3 Å². The predicted octanol–water partition coefficient (Wildman–Crippen LogP) is 4.33. The van der Waals surface area contributed by atoms with E-state index in [0.29, 0.717) is 24.3 Å². The van der Waals surface area contributed by atoms with Crippen LogP contribution in [0.2, 0.25) is 0 Å². The molecule has 4 aromatic rings. The van der Waals surface area contributed by atoms with E-state index in [1.54, 1.807) is 0 Å². The lowest BCUT2D eigenvalue weighted by atomic mass is 10.2. The number of hydrogen-bond donors (Lipinski definition) is 2. The SMILES string of the molecule is Fc1cc(F)c(Nc2nc3nonc3nc2Nc2c(F)cc(F)cc2F)c(F)c1. The Morgan fingerprint density at radius 2 is 0.931 bits per heavy atom. The maximum atomic E-state index is 14.0. The number of anilines is 4. The highest BCUT2D eigenvalue weighted by atomic mass is 19.2. The van der Waals surface area contributed by atoms with Gasteiger partial charge in [0.15, 0.2) is 34.9 Å². The van der Waals surface area contributed by atoms with Crippen LogP contribution in [-0.4, -0.2) is 20.3 Å². The summed E-state index contributed by atoms with van der Waals surface area (Å²) in [6, 6.07) is 1.62. The molecule has 0 bridgehead atoms. The molecule has 0 saturated heterocycles. The van der Waals surface area contributed by atoms with Gasteiger partial charge in [0.2, 0.25) is 11.3 Å². The monoisotopic (exact) mass is 412 g/mol. The third-order valence-electron chi connectivity index (χ3n) is 3.61. The van der Waals surface area contributed by atoms with Gasteiger partial charge in [0.25, 0.3) is 0 Å². The normalized spacial score (nSPS) is 11.1. The molecule has 0 atom stereocenters.